The van der Waals surface area contributed by atoms with Crippen LogP contribution in [-0.4, -0.2) is 24.7 Å². The van der Waals surface area contributed by atoms with Gasteiger partial charge in [0.1, 0.15) is 0 Å². The van der Waals surface area contributed by atoms with Crippen LogP contribution in [0.3, 0.4) is 0 Å². The van der Waals surface area contributed by atoms with Crippen LogP contribution in [0.1, 0.15) is 37.9 Å². The zero-order valence-corrected chi connectivity index (χ0v) is 11.5. The number of nitrogens with one attached hydrogen (secondary N) is 1. The topological polar surface area (TPSA) is 34.2 Å². The van der Waals surface area contributed by atoms with Crippen molar-refractivity contribution < 1.29 is 4.74 Å². The molecule has 1 rings (SSSR count). The number of likely N-dealkylation sites (N-methyl/N-ethyl adjacent to an activating group) is 1. The van der Waals surface area contributed by atoms with Gasteiger partial charge in [-0.1, -0.05) is 20.8 Å². The number of aromatic nitrogens is 1. The molecule has 0 saturated heterocycles. The van der Waals surface area contributed by atoms with Crippen LogP contribution in [0.25, 0.3) is 0 Å². The maximum absolute atomic E-state index is 5.65. The monoisotopic (exact) mass is 236 g/mol. The quantitative estimate of drug-likeness (QED) is 0.824. The van der Waals surface area contributed by atoms with Crippen molar-refractivity contribution in [1.82, 2.24) is 10.3 Å². The normalized spacial score (nSPS) is 14.9. The van der Waals surface area contributed by atoms with E-state index in [0.717, 1.165) is 6.54 Å². The standard InChI is InChI=1S/C14H24N2O/c1-6-16-13(14(17-5)10(2)3)12-9-15-8-7-11(12)4/h7-10,13-14,16H,6H2,1-5H3. The molecule has 2 unspecified atom stereocenters. The predicted octanol–water partition coefficient (Wildman–Crippen LogP) is 2.71. The van der Waals surface area contributed by atoms with E-state index in [1.165, 1.54) is 11.1 Å². The van der Waals surface area contributed by atoms with Gasteiger partial charge < -0.3 is 10.1 Å². The number of hydrogen-bond acceptors (Lipinski definition) is 3. The van der Waals surface area contributed by atoms with Crippen LogP contribution in [0.15, 0.2) is 18.5 Å². The van der Waals surface area contributed by atoms with E-state index in [9.17, 15) is 0 Å². The van der Waals surface area contributed by atoms with Crippen molar-refractivity contribution in [1.29, 1.82) is 0 Å². The maximum Gasteiger partial charge on any atom is 0.0789 e. The fraction of sp³-hybridized carbons (Fsp3) is 0.643. The molecule has 3 heteroatoms. The summed E-state index contributed by atoms with van der Waals surface area (Å²) in [4.78, 5) is 4.23. The first kappa shape index (κ1) is 14.1. The Morgan fingerprint density at radius 1 is 1.41 bits per heavy atom. The summed E-state index contributed by atoms with van der Waals surface area (Å²) in [5.41, 5.74) is 2.49. The molecule has 0 amide bonds. The van der Waals surface area contributed by atoms with Crippen molar-refractivity contribution in [2.75, 3.05) is 13.7 Å². The van der Waals surface area contributed by atoms with Crippen LogP contribution >= 0.6 is 0 Å². The van der Waals surface area contributed by atoms with Crippen molar-refractivity contribution in [3.63, 3.8) is 0 Å². The summed E-state index contributed by atoms with van der Waals surface area (Å²) in [5, 5.41) is 3.51. The lowest BCUT2D eigenvalue weighted by atomic mass is 9.92. The van der Waals surface area contributed by atoms with E-state index in [1.807, 2.05) is 18.5 Å². The Balaban J connectivity index is 3.03. The Morgan fingerprint density at radius 2 is 2.12 bits per heavy atom. The minimum Gasteiger partial charge on any atom is -0.379 e. The zero-order chi connectivity index (χ0) is 12.8. The molecule has 0 aliphatic heterocycles. The van der Waals surface area contributed by atoms with Crippen LogP contribution in [0, 0.1) is 12.8 Å². The highest BCUT2D eigenvalue weighted by atomic mass is 16.5. The van der Waals surface area contributed by atoms with E-state index < -0.39 is 0 Å². The van der Waals surface area contributed by atoms with E-state index in [0.29, 0.717) is 5.92 Å². The number of nitrogens with zero attached hydrogens (tertiary/aromatic N) is 1. The molecule has 2 atom stereocenters. The van der Waals surface area contributed by atoms with Gasteiger partial charge in [0.15, 0.2) is 0 Å². The first-order valence-corrected chi connectivity index (χ1v) is 6.28. The van der Waals surface area contributed by atoms with Crippen molar-refractivity contribution in [2.45, 2.75) is 39.8 Å². The highest BCUT2D eigenvalue weighted by Crippen LogP contribution is 2.26. The molecule has 17 heavy (non-hydrogen) atoms. The van der Waals surface area contributed by atoms with E-state index in [-0.39, 0.29) is 12.1 Å². The molecule has 0 radical (unpaired) electrons. The zero-order valence-electron chi connectivity index (χ0n) is 11.5. The number of aryl methyl sites for hydroxylation is 1. The molecule has 3 nitrogen and oxygen atoms in total. The van der Waals surface area contributed by atoms with E-state index in [2.05, 4.69) is 38.0 Å². The third kappa shape index (κ3) is 3.51. The van der Waals surface area contributed by atoms with Crippen LogP contribution in [0.2, 0.25) is 0 Å². The Bertz CT molecular complexity index is 339. The summed E-state index contributed by atoms with van der Waals surface area (Å²) in [6, 6.07) is 2.26. The maximum atomic E-state index is 5.65. The third-order valence-corrected chi connectivity index (χ3v) is 3.10. The van der Waals surface area contributed by atoms with Gasteiger partial charge in [0.05, 0.1) is 12.1 Å². The van der Waals surface area contributed by atoms with Crippen LogP contribution in [0.5, 0.6) is 0 Å². The Kier molecular flexibility index (Phi) is 5.59. The van der Waals surface area contributed by atoms with E-state index in [1.54, 1.807) is 7.11 Å². The Labute approximate surface area is 105 Å². The average Bonchev–Trinajstić information content (AvgIpc) is 2.29. The summed E-state index contributed by atoms with van der Waals surface area (Å²) in [6.45, 7) is 9.53. The van der Waals surface area contributed by atoms with Crippen molar-refractivity contribution in [3.8, 4) is 0 Å². The molecular weight excluding hydrogens is 212 g/mol. The summed E-state index contributed by atoms with van der Waals surface area (Å²) in [5.74, 6) is 0.462. The van der Waals surface area contributed by atoms with Gasteiger partial charge in [0, 0.05) is 19.5 Å². The van der Waals surface area contributed by atoms with E-state index >= 15 is 0 Å². The first-order valence-electron chi connectivity index (χ1n) is 6.28. The van der Waals surface area contributed by atoms with E-state index in [4.69, 9.17) is 4.74 Å². The fourth-order valence-corrected chi connectivity index (χ4v) is 2.22. The number of rotatable bonds is 6. The summed E-state index contributed by atoms with van der Waals surface area (Å²) >= 11 is 0. The summed E-state index contributed by atoms with van der Waals surface area (Å²) < 4.78 is 5.65. The molecule has 0 aliphatic carbocycles. The minimum absolute atomic E-state index is 0.165. The molecule has 1 N–H and O–H groups in total. The molecule has 0 fully saturated rings. The van der Waals surface area contributed by atoms with Crippen LogP contribution in [-0.2, 0) is 4.74 Å². The van der Waals surface area contributed by atoms with Gasteiger partial charge in [-0.15, -0.1) is 0 Å². The molecule has 0 saturated carbocycles. The molecule has 96 valence electrons. The lowest BCUT2D eigenvalue weighted by Gasteiger charge is -2.30. The Morgan fingerprint density at radius 3 is 2.59 bits per heavy atom. The smallest absolute Gasteiger partial charge is 0.0789 e. The molecular formula is C14H24N2O. The van der Waals surface area contributed by atoms with Gasteiger partial charge in [-0.3, -0.25) is 4.98 Å². The lowest BCUT2D eigenvalue weighted by molar-refractivity contribution is 0.0328. The SMILES string of the molecule is CCNC(c1cnccc1C)C(OC)C(C)C. The lowest BCUT2D eigenvalue weighted by Crippen LogP contribution is -2.37. The number of pyridine rings is 1. The molecule has 1 heterocycles. The minimum atomic E-state index is 0.165. The molecule has 0 spiro atoms. The summed E-state index contributed by atoms with van der Waals surface area (Å²) in [7, 11) is 1.78. The van der Waals surface area contributed by atoms with Gasteiger partial charge in [0.2, 0.25) is 0 Å². The highest BCUT2D eigenvalue weighted by Gasteiger charge is 2.26. The number of methoxy groups -OCH3 is 1. The van der Waals surface area contributed by atoms with Crippen LogP contribution in [0.4, 0.5) is 0 Å². The van der Waals surface area contributed by atoms with Gasteiger partial charge in [-0.2, -0.15) is 0 Å². The second-order valence-corrected chi connectivity index (χ2v) is 4.71. The fourth-order valence-electron chi connectivity index (χ4n) is 2.22. The highest BCUT2D eigenvalue weighted by molar-refractivity contribution is 5.26. The molecule has 1 aromatic rings. The van der Waals surface area contributed by atoms with Crippen molar-refractivity contribution >= 4 is 0 Å². The largest absolute Gasteiger partial charge is 0.379 e. The molecule has 1 aromatic heterocycles. The first-order chi connectivity index (χ1) is 8.11. The number of ether oxygens (including phenoxy) is 1. The summed E-state index contributed by atoms with van der Waals surface area (Å²) in [6.07, 6.45) is 3.94. The van der Waals surface area contributed by atoms with Gasteiger partial charge in [0.25, 0.3) is 0 Å². The molecule has 0 aromatic carbocycles. The average molecular weight is 236 g/mol. The van der Waals surface area contributed by atoms with Gasteiger partial charge >= 0.3 is 0 Å². The number of hydrogen-bond donors (Lipinski definition) is 1. The van der Waals surface area contributed by atoms with Crippen molar-refractivity contribution in [2.24, 2.45) is 5.92 Å². The second-order valence-electron chi connectivity index (χ2n) is 4.71. The molecule has 0 aliphatic rings. The van der Waals surface area contributed by atoms with Gasteiger partial charge in [-0.05, 0) is 36.6 Å². The van der Waals surface area contributed by atoms with Gasteiger partial charge in [-0.25, -0.2) is 0 Å². The van der Waals surface area contributed by atoms with Crippen LogP contribution < -0.4 is 5.32 Å². The Hall–Kier alpha value is -0.930. The third-order valence-electron chi connectivity index (χ3n) is 3.10. The predicted molar refractivity (Wildman–Crippen MR) is 71.0 cm³/mol. The second kappa shape index (κ2) is 6.72. The van der Waals surface area contributed by atoms with Crippen molar-refractivity contribution in [3.05, 3.63) is 29.6 Å². The molecule has 0 bridgehead atoms.